The van der Waals surface area contributed by atoms with Gasteiger partial charge in [-0.05, 0) is 83.0 Å². The molecular weight excluding hydrogens is 428 g/mol. The average molecular weight is 469 g/mol. The summed E-state index contributed by atoms with van der Waals surface area (Å²) in [4.78, 5) is 0. The van der Waals surface area contributed by atoms with Crippen molar-refractivity contribution < 1.29 is 9.47 Å². The van der Waals surface area contributed by atoms with Crippen LogP contribution in [0, 0.1) is 32.6 Å². The largest absolute Gasteiger partial charge is 0.489 e. The van der Waals surface area contributed by atoms with E-state index < -0.39 is 0 Å². The number of ether oxygens (including phenoxy) is 2. The van der Waals surface area contributed by atoms with E-state index in [1.807, 2.05) is 0 Å². The zero-order valence-corrected chi connectivity index (χ0v) is 22.5. The topological polar surface area (TPSA) is 18.5 Å². The van der Waals surface area contributed by atoms with Crippen LogP contribution >= 0.6 is 0 Å². The number of fused-ring (bicyclic) bond motifs is 3. The first-order valence-corrected chi connectivity index (χ1v) is 13.2. The molecule has 0 saturated heterocycles. The first-order valence-electron chi connectivity index (χ1n) is 13.2. The van der Waals surface area contributed by atoms with Gasteiger partial charge in [-0.2, -0.15) is 0 Å². The lowest BCUT2D eigenvalue weighted by molar-refractivity contribution is 0.218. The highest BCUT2D eigenvalue weighted by Gasteiger charge is 2.17. The van der Waals surface area contributed by atoms with Gasteiger partial charge >= 0.3 is 0 Å². The molecule has 0 aromatic heterocycles. The molecule has 0 amide bonds. The minimum atomic E-state index is 0.496. The molecule has 2 atom stereocenters. The highest BCUT2D eigenvalue weighted by Crippen LogP contribution is 2.42. The Morgan fingerprint density at radius 3 is 1.74 bits per heavy atom. The number of benzene rings is 4. The molecule has 2 heteroatoms. The Morgan fingerprint density at radius 2 is 1.14 bits per heavy atom. The van der Waals surface area contributed by atoms with Crippen LogP contribution in [0.5, 0.6) is 11.5 Å². The summed E-state index contributed by atoms with van der Waals surface area (Å²) in [6.45, 7) is 16.8. The van der Waals surface area contributed by atoms with Crippen molar-refractivity contribution in [3.05, 3.63) is 71.3 Å². The molecule has 0 N–H and O–H groups in total. The van der Waals surface area contributed by atoms with Gasteiger partial charge in [-0.25, -0.2) is 0 Å². The summed E-state index contributed by atoms with van der Waals surface area (Å²) in [5, 5.41) is 5.23. The van der Waals surface area contributed by atoms with Crippen molar-refractivity contribution in [3.8, 4) is 22.6 Å². The quantitative estimate of drug-likeness (QED) is 0.228. The van der Waals surface area contributed by atoms with Crippen molar-refractivity contribution in [1.82, 2.24) is 0 Å². The molecule has 0 aliphatic rings. The third-order valence-electron chi connectivity index (χ3n) is 7.36. The van der Waals surface area contributed by atoms with E-state index in [4.69, 9.17) is 9.47 Å². The molecule has 0 fully saturated rings. The van der Waals surface area contributed by atoms with Gasteiger partial charge in [-0.15, -0.1) is 0 Å². The van der Waals surface area contributed by atoms with Crippen LogP contribution in [0.3, 0.4) is 0 Å². The Kier molecular flexibility index (Phi) is 7.69. The number of hydrogen-bond acceptors (Lipinski definition) is 2. The van der Waals surface area contributed by atoms with E-state index in [2.05, 4.69) is 103 Å². The first kappa shape index (κ1) is 25.1. The SMILES string of the molecule is CCC(C)COc1ccc(-c2c(C)c3ccc(C)cc3c3cc(C)ccc23)cc1OCC(C)CC. The second kappa shape index (κ2) is 10.7. The maximum atomic E-state index is 6.37. The molecule has 2 unspecified atom stereocenters. The molecule has 0 aliphatic carbocycles. The van der Waals surface area contributed by atoms with Crippen LogP contribution in [0.4, 0.5) is 0 Å². The van der Waals surface area contributed by atoms with E-state index in [-0.39, 0.29) is 0 Å². The third-order valence-corrected chi connectivity index (χ3v) is 7.36. The molecule has 0 heterocycles. The normalized spacial score (nSPS) is 13.2. The molecule has 0 saturated carbocycles. The monoisotopic (exact) mass is 468 g/mol. The van der Waals surface area contributed by atoms with Crippen molar-refractivity contribution in [2.45, 2.75) is 61.3 Å². The summed E-state index contributed by atoms with van der Waals surface area (Å²) in [7, 11) is 0. The summed E-state index contributed by atoms with van der Waals surface area (Å²) in [6.07, 6.45) is 2.19. The molecule has 35 heavy (non-hydrogen) atoms. The van der Waals surface area contributed by atoms with Crippen LogP contribution in [-0.2, 0) is 0 Å². The van der Waals surface area contributed by atoms with Crippen LogP contribution in [0.15, 0.2) is 54.6 Å². The predicted octanol–water partition coefficient (Wildman–Crippen LogP) is 9.44. The summed E-state index contributed by atoms with van der Waals surface area (Å²) in [5.41, 5.74) is 6.32. The Hall–Kier alpha value is -3.00. The van der Waals surface area contributed by atoms with E-state index in [1.165, 1.54) is 49.4 Å². The zero-order chi connectivity index (χ0) is 25.1. The Balaban J connectivity index is 1.89. The van der Waals surface area contributed by atoms with Crippen LogP contribution < -0.4 is 9.47 Å². The molecule has 4 rings (SSSR count). The van der Waals surface area contributed by atoms with E-state index in [0.717, 1.165) is 24.3 Å². The summed E-state index contributed by atoms with van der Waals surface area (Å²) < 4.78 is 12.6. The van der Waals surface area contributed by atoms with Crippen molar-refractivity contribution in [3.63, 3.8) is 0 Å². The Labute approximate surface area is 211 Å². The van der Waals surface area contributed by atoms with E-state index in [0.29, 0.717) is 25.0 Å². The van der Waals surface area contributed by atoms with Gasteiger partial charge in [-0.3, -0.25) is 0 Å². The molecule has 0 spiro atoms. The summed E-state index contributed by atoms with van der Waals surface area (Å²) in [5.74, 6) is 2.69. The van der Waals surface area contributed by atoms with Crippen LogP contribution in [0.25, 0.3) is 32.7 Å². The van der Waals surface area contributed by atoms with Crippen LogP contribution in [0.2, 0.25) is 0 Å². The molecule has 2 nitrogen and oxygen atoms in total. The Bertz CT molecular complexity index is 1330. The highest BCUT2D eigenvalue weighted by molar-refractivity contribution is 6.16. The minimum Gasteiger partial charge on any atom is -0.489 e. The van der Waals surface area contributed by atoms with Gasteiger partial charge in [0.25, 0.3) is 0 Å². The molecule has 0 radical (unpaired) electrons. The fourth-order valence-corrected chi connectivity index (χ4v) is 4.61. The molecular formula is C33H40O2. The zero-order valence-electron chi connectivity index (χ0n) is 22.5. The summed E-state index contributed by atoms with van der Waals surface area (Å²) >= 11 is 0. The van der Waals surface area contributed by atoms with Gasteiger partial charge in [-0.1, -0.05) is 94.1 Å². The smallest absolute Gasteiger partial charge is 0.161 e. The van der Waals surface area contributed by atoms with Gasteiger partial charge in [0.05, 0.1) is 13.2 Å². The van der Waals surface area contributed by atoms with E-state index in [1.54, 1.807) is 0 Å². The minimum absolute atomic E-state index is 0.496. The van der Waals surface area contributed by atoms with E-state index in [9.17, 15) is 0 Å². The van der Waals surface area contributed by atoms with Crippen LogP contribution in [-0.4, -0.2) is 13.2 Å². The van der Waals surface area contributed by atoms with Gasteiger partial charge in [0.1, 0.15) is 0 Å². The first-order chi connectivity index (χ1) is 16.8. The van der Waals surface area contributed by atoms with Crippen molar-refractivity contribution >= 4 is 21.5 Å². The number of hydrogen-bond donors (Lipinski definition) is 0. The summed E-state index contributed by atoms with van der Waals surface area (Å²) in [6, 6.07) is 20.1. The van der Waals surface area contributed by atoms with E-state index >= 15 is 0 Å². The van der Waals surface area contributed by atoms with Gasteiger partial charge in [0, 0.05) is 0 Å². The maximum absolute atomic E-state index is 6.37. The van der Waals surface area contributed by atoms with Crippen molar-refractivity contribution in [2.24, 2.45) is 11.8 Å². The number of aryl methyl sites for hydroxylation is 3. The third kappa shape index (κ3) is 5.32. The van der Waals surface area contributed by atoms with Gasteiger partial charge in [0.2, 0.25) is 0 Å². The lowest BCUT2D eigenvalue weighted by atomic mass is 9.87. The standard InChI is InChI=1S/C33H40O2/c1-8-21(3)19-34-31-15-12-26(18-32(31)35-20-22(4)9-2)33-25(7)27-13-10-23(5)16-29(27)30-17-24(6)11-14-28(30)33/h10-18,21-22H,8-9,19-20H2,1-7H3. The van der Waals surface area contributed by atoms with Gasteiger partial charge < -0.3 is 9.47 Å². The lowest BCUT2D eigenvalue weighted by Gasteiger charge is -2.20. The second-order valence-electron chi connectivity index (χ2n) is 10.4. The second-order valence-corrected chi connectivity index (χ2v) is 10.4. The number of rotatable bonds is 9. The van der Waals surface area contributed by atoms with Crippen molar-refractivity contribution in [1.29, 1.82) is 0 Å². The average Bonchev–Trinajstić information content (AvgIpc) is 2.86. The lowest BCUT2D eigenvalue weighted by Crippen LogP contribution is -2.11. The molecule has 184 valence electrons. The fraction of sp³-hybridized carbons (Fsp3) is 0.394. The highest BCUT2D eigenvalue weighted by atomic mass is 16.5. The molecule has 4 aromatic rings. The Morgan fingerprint density at radius 1 is 0.600 bits per heavy atom. The molecule has 0 aliphatic heterocycles. The van der Waals surface area contributed by atoms with Gasteiger partial charge in [0.15, 0.2) is 11.5 Å². The molecule has 0 bridgehead atoms. The fourth-order valence-electron chi connectivity index (χ4n) is 4.61. The maximum Gasteiger partial charge on any atom is 0.161 e. The molecule has 4 aromatic carbocycles. The predicted molar refractivity (Wildman–Crippen MR) is 151 cm³/mol. The van der Waals surface area contributed by atoms with Crippen molar-refractivity contribution in [2.75, 3.05) is 13.2 Å². The van der Waals surface area contributed by atoms with Crippen LogP contribution in [0.1, 0.15) is 57.2 Å².